The fourth-order valence-electron chi connectivity index (χ4n) is 3.85. The van der Waals surface area contributed by atoms with E-state index < -0.39 is 17.5 Å². The van der Waals surface area contributed by atoms with E-state index in [1.165, 1.54) is 31.2 Å². The van der Waals surface area contributed by atoms with E-state index >= 15 is 0 Å². The molecule has 144 valence electrons. The summed E-state index contributed by atoms with van der Waals surface area (Å²) in [6.07, 6.45) is 8.27. The van der Waals surface area contributed by atoms with Crippen LogP contribution in [0.5, 0.6) is 0 Å². The van der Waals surface area contributed by atoms with E-state index in [0.717, 1.165) is 29.2 Å². The zero-order valence-corrected chi connectivity index (χ0v) is 15.6. The van der Waals surface area contributed by atoms with Crippen molar-refractivity contribution in [3.63, 3.8) is 0 Å². The molecule has 3 aromatic rings. The Labute approximate surface area is 162 Å². The summed E-state index contributed by atoms with van der Waals surface area (Å²) in [5, 5.41) is 0. The van der Waals surface area contributed by atoms with Crippen LogP contribution in [0.1, 0.15) is 44.1 Å². The van der Waals surface area contributed by atoms with Crippen LogP contribution in [0.25, 0.3) is 22.5 Å². The van der Waals surface area contributed by atoms with Crippen LogP contribution in [0.15, 0.2) is 48.8 Å². The minimum atomic E-state index is -1.49. The molecule has 1 aliphatic carbocycles. The van der Waals surface area contributed by atoms with Crippen LogP contribution >= 0.6 is 0 Å². The van der Waals surface area contributed by atoms with Crippen molar-refractivity contribution in [1.82, 2.24) is 9.97 Å². The molecule has 5 heteroatoms. The first-order valence-electron chi connectivity index (χ1n) is 9.58. The van der Waals surface area contributed by atoms with Crippen molar-refractivity contribution in [1.29, 1.82) is 0 Å². The second kappa shape index (κ2) is 7.74. The van der Waals surface area contributed by atoms with Crippen molar-refractivity contribution >= 4 is 0 Å². The zero-order chi connectivity index (χ0) is 19.7. The Balaban J connectivity index is 1.52. The van der Waals surface area contributed by atoms with Gasteiger partial charge in [-0.25, -0.2) is 23.1 Å². The second-order valence-electron chi connectivity index (χ2n) is 7.63. The number of aromatic nitrogens is 2. The van der Waals surface area contributed by atoms with Gasteiger partial charge in [0.1, 0.15) is 0 Å². The molecule has 0 spiro atoms. The fraction of sp³-hybridized carbons (Fsp3) is 0.304. The largest absolute Gasteiger partial charge is 0.236 e. The van der Waals surface area contributed by atoms with Crippen molar-refractivity contribution < 1.29 is 13.2 Å². The number of hydrogen-bond donors (Lipinski definition) is 0. The predicted octanol–water partition coefficient (Wildman–Crippen LogP) is 6.52. The van der Waals surface area contributed by atoms with E-state index in [0.29, 0.717) is 5.92 Å². The lowest BCUT2D eigenvalue weighted by molar-refractivity contribution is 0.348. The Morgan fingerprint density at radius 1 is 0.750 bits per heavy atom. The summed E-state index contributed by atoms with van der Waals surface area (Å²) < 4.78 is 39.9. The summed E-state index contributed by atoms with van der Waals surface area (Å²) in [6, 6.07) is 10.2. The maximum absolute atomic E-state index is 13.4. The van der Waals surface area contributed by atoms with Crippen LogP contribution < -0.4 is 0 Å². The molecule has 2 nitrogen and oxygen atoms in total. The van der Waals surface area contributed by atoms with Crippen molar-refractivity contribution in [2.75, 3.05) is 0 Å². The topological polar surface area (TPSA) is 25.8 Å². The maximum atomic E-state index is 13.4. The molecule has 1 heterocycles. The number of hydrogen-bond acceptors (Lipinski definition) is 2. The Hall–Kier alpha value is -2.69. The summed E-state index contributed by atoms with van der Waals surface area (Å²) >= 11 is 0. The molecular weight excluding hydrogens is 361 g/mol. The number of benzene rings is 2. The molecule has 0 amide bonds. The van der Waals surface area contributed by atoms with E-state index in [9.17, 15) is 13.2 Å². The predicted molar refractivity (Wildman–Crippen MR) is 103 cm³/mol. The lowest BCUT2D eigenvalue weighted by Crippen LogP contribution is -2.10. The minimum Gasteiger partial charge on any atom is -0.236 e. The highest BCUT2D eigenvalue weighted by molar-refractivity contribution is 5.64. The Morgan fingerprint density at radius 3 is 1.89 bits per heavy atom. The van der Waals surface area contributed by atoms with Gasteiger partial charge in [0.15, 0.2) is 23.3 Å². The summed E-state index contributed by atoms with van der Waals surface area (Å²) in [6.45, 7) is 2.32. The van der Waals surface area contributed by atoms with Gasteiger partial charge in [0, 0.05) is 23.5 Å². The molecule has 0 atom stereocenters. The lowest BCUT2D eigenvalue weighted by atomic mass is 9.79. The molecule has 0 saturated heterocycles. The van der Waals surface area contributed by atoms with Crippen molar-refractivity contribution in [3.8, 4) is 22.5 Å². The highest BCUT2D eigenvalue weighted by atomic mass is 19.2. The maximum Gasteiger partial charge on any atom is 0.194 e. The highest BCUT2D eigenvalue weighted by Crippen LogP contribution is 2.36. The Kier molecular flexibility index (Phi) is 5.16. The van der Waals surface area contributed by atoms with Crippen molar-refractivity contribution in [3.05, 3.63) is 71.8 Å². The van der Waals surface area contributed by atoms with E-state index in [4.69, 9.17) is 0 Å². The van der Waals surface area contributed by atoms with E-state index in [2.05, 4.69) is 41.2 Å². The summed E-state index contributed by atoms with van der Waals surface area (Å²) in [7, 11) is 0. The van der Waals surface area contributed by atoms with Crippen molar-refractivity contribution in [2.45, 2.75) is 38.5 Å². The third kappa shape index (κ3) is 3.79. The fourth-order valence-corrected chi connectivity index (χ4v) is 3.85. The van der Waals surface area contributed by atoms with Gasteiger partial charge >= 0.3 is 0 Å². The molecule has 1 aliphatic rings. The average molecular weight is 382 g/mol. The first kappa shape index (κ1) is 18.7. The van der Waals surface area contributed by atoms with Crippen LogP contribution in [0, 0.1) is 23.4 Å². The molecule has 1 fully saturated rings. The standard InChI is InChI=1S/C23H21F3N2/c1-14-2-4-15(5-3-14)16-6-8-17(9-7-16)19-12-27-23(28-13-19)18-10-20(24)22(26)21(25)11-18/h6-15H,2-5H2,1H3. The molecule has 1 aromatic heterocycles. The highest BCUT2D eigenvalue weighted by Gasteiger charge is 2.19. The monoisotopic (exact) mass is 382 g/mol. The van der Waals surface area contributed by atoms with Gasteiger partial charge in [-0.1, -0.05) is 44.0 Å². The van der Waals surface area contributed by atoms with Gasteiger partial charge in [-0.2, -0.15) is 0 Å². The summed E-state index contributed by atoms with van der Waals surface area (Å²) in [4.78, 5) is 8.38. The molecule has 1 saturated carbocycles. The summed E-state index contributed by atoms with van der Waals surface area (Å²) in [5.41, 5.74) is 3.27. The van der Waals surface area contributed by atoms with E-state index in [1.807, 2.05) is 0 Å². The van der Waals surface area contributed by atoms with Gasteiger partial charge in [-0.15, -0.1) is 0 Å². The molecule has 0 aliphatic heterocycles. The van der Waals surface area contributed by atoms with Gasteiger partial charge in [-0.3, -0.25) is 0 Å². The zero-order valence-electron chi connectivity index (χ0n) is 15.6. The molecule has 0 bridgehead atoms. The third-order valence-corrected chi connectivity index (χ3v) is 5.63. The molecular formula is C23H21F3N2. The molecule has 0 unspecified atom stereocenters. The van der Waals surface area contributed by atoms with Crippen LogP contribution in [-0.2, 0) is 0 Å². The van der Waals surface area contributed by atoms with Gasteiger partial charge in [0.2, 0.25) is 0 Å². The molecule has 0 N–H and O–H groups in total. The van der Waals surface area contributed by atoms with E-state index in [1.54, 1.807) is 12.4 Å². The third-order valence-electron chi connectivity index (χ3n) is 5.63. The van der Waals surface area contributed by atoms with Gasteiger partial charge < -0.3 is 0 Å². The van der Waals surface area contributed by atoms with Gasteiger partial charge in [0.25, 0.3) is 0 Å². The van der Waals surface area contributed by atoms with Gasteiger partial charge in [0.05, 0.1) is 0 Å². The Morgan fingerprint density at radius 2 is 1.32 bits per heavy atom. The quantitative estimate of drug-likeness (QED) is 0.482. The number of rotatable bonds is 3. The number of halogens is 3. The summed E-state index contributed by atoms with van der Waals surface area (Å²) in [5.74, 6) is -2.39. The van der Waals surface area contributed by atoms with Crippen molar-refractivity contribution in [2.24, 2.45) is 5.92 Å². The minimum absolute atomic E-state index is 0.102. The first-order valence-corrected chi connectivity index (χ1v) is 9.58. The van der Waals surface area contributed by atoms with Crippen LogP contribution in [-0.4, -0.2) is 9.97 Å². The first-order chi connectivity index (χ1) is 13.5. The Bertz CT molecular complexity index is 937. The number of nitrogens with zero attached hydrogens (tertiary/aromatic N) is 2. The second-order valence-corrected chi connectivity index (χ2v) is 7.63. The van der Waals surface area contributed by atoms with Crippen LogP contribution in [0.2, 0.25) is 0 Å². The normalized spacial score (nSPS) is 19.6. The molecule has 0 radical (unpaired) electrons. The van der Waals surface area contributed by atoms with Gasteiger partial charge in [-0.05, 0) is 47.9 Å². The van der Waals surface area contributed by atoms with Crippen LogP contribution in [0.4, 0.5) is 13.2 Å². The SMILES string of the molecule is CC1CCC(c2ccc(-c3cnc(-c4cc(F)c(F)c(F)c4)nc3)cc2)CC1. The average Bonchev–Trinajstić information content (AvgIpc) is 2.72. The molecule has 28 heavy (non-hydrogen) atoms. The van der Waals surface area contributed by atoms with E-state index in [-0.39, 0.29) is 11.4 Å². The smallest absolute Gasteiger partial charge is 0.194 e. The molecule has 4 rings (SSSR count). The molecule has 2 aromatic carbocycles. The van der Waals surface area contributed by atoms with Crippen LogP contribution in [0.3, 0.4) is 0 Å². The lowest BCUT2D eigenvalue weighted by Gasteiger charge is -2.26.